The third-order valence-electron chi connectivity index (χ3n) is 14.7. The second-order valence-corrected chi connectivity index (χ2v) is 23.1. The number of fused-ring (bicyclic) bond motifs is 5. The first-order valence-electron chi connectivity index (χ1n) is 31.2. The zero-order chi connectivity index (χ0) is 69.9. The van der Waals surface area contributed by atoms with E-state index in [9.17, 15) is 0 Å². The molecule has 0 amide bonds. The van der Waals surface area contributed by atoms with Crippen LogP contribution in [0.15, 0.2) is 171 Å². The second-order valence-electron chi connectivity index (χ2n) is 23.1. The standard InChI is InChI=1S/C16H25N2O.C16H17N2.C13H20N2.C13H19N2.C9H11N2.4CH2O3/c1-6-9-19-14-7-8-15-16(10-14)18(13(4)5)11-17(15)12(2)3;1-2-17-13-18(12-14-8-4-3-5-9-14)16-11-7-6-10-15(16)17;2*1-10(2)14-9-15(11(3)4)13-8-6-5-7-12(13)14;1-10-7-11(2)9-6-4-3-5-8(9)10;4*2-1-4-3/h7-8,10-13H,6,9H2,1-5H3;3-11,13H,2,12H2,1H3;5-8,10-11H,9H2,1-4H3;5-11H,1-4H3;3-7H,1-2H3;4*1,3H/q2*+1;;2*+1;;;;/p-4. The molecule has 1 aliphatic heterocycles. The Kier molecular flexibility index (Phi) is 34.9. The molecule has 0 unspecified atom stereocenters. The molecule has 94 heavy (non-hydrogen) atoms. The molecule has 6 aromatic carbocycles. The van der Waals surface area contributed by atoms with Crippen LogP contribution in [0.25, 0.3) is 44.1 Å². The monoisotopic (exact) mass is 1300 g/mol. The van der Waals surface area contributed by atoms with Gasteiger partial charge in [-0.2, -0.15) is 0 Å². The van der Waals surface area contributed by atoms with Gasteiger partial charge in [0.25, 0.3) is 25.9 Å². The average Bonchev–Trinajstić information content (AvgIpc) is 1.67. The summed E-state index contributed by atoms with van der Waals surface area (Å²) in [6, 6.07) is 54.2. The van der Waals surface area contributed by atoms with Crippen molar-refractivity contribution >= 4 is 81.4 Å². The minimum Gasteiger partial charge on any atom is -0.662 e. The molecule has 5 heterocycles. The van der Waals surface area contributed by atoms with Gasteiger partial charge in [0.2, 0.25) is 25.3 Å². The molecule has 1 aliphatic rings. The van der Waals surface area contributed by atoms with Gasteiger partial charge in [-0.25, -0.2) is 36.5 Å². The molecule has 0 radical (unpaired) electrons. The summed E-state index contributed by atoms with van der Waals surface area (Å²) < 4.78 is 23.9. The Labute approximate surface area is 552 Å². The highest BCUT2D eigenvalue weighted by Crippen LogP contribution is 2.38. The molecule has 23 heteroatoms. The van der Waals surface area contributed by atoms with Gasteiger partial charge in [0, 0.05) is 18.2 Å². The van der Waals surface area contributed by atoms with Crippen molar-refractivity contribution in [2.75, 3.05) is 23.1 Å². The van der Waals surface area contributed by atoms with Gasteiger partial charge >= 0.3 is 0 Å². The number of imidazole rings is 4. The molecule has 4 aromatic heterocycles. The molecular formula is C71H96N10O13. The largest absolute Gasteiger partial charge is 0.662 e. The Morgan fingerprint density at radius 2 is 0.883 bits per heavy atom. The number of carbonyl (C=O) groups is 4. The maximum Gasteiger partial charge on any atom is 0.287 e. The normalized spacial score (nSPS) is 11.0. The minimum absolute atomic E-state index is 0.181. The fourth-order valence-corrected chi connectivity index (χ4v) is 10.3. The van der Waals surface area contributed by atoms with Crippen molar-refractivity contribution in [2.24, 2.45) is 14.1 Å². The van der Waals surface area contributed by atoms with Crippen LogP contribution < -0.4 is 53.8 Å². The lowest BCUT2D eigenvalue weighted by Crippen LogP contribution is -2.38. The molecule has 11 rings (SSSR count). The Hall–Kier alpha value is -9.68. The molecule has 0 saturated carbocycles. The van der Waals surface area contributed by atoms with E-state index >= 15 is 0 Å². The highest BCUT2D eigenvalue weighted by atomic mass is 17.1. The fourth-order valence-electron chi connectivity index (χ4n) is 10.3. The minimum atomic E-state index is -0.181. The molecule has 0 bridgehead atoms. The van der Waals surface area contributed by atoms with Crippen LogP contribution in [-0.4, -0.2) is 69.5 Å². The quantitative estimate of drug-likeness (QED) is 0.0387. The Morgan fingerprint density at radius 1 is 0.468 bits per heavy atom. The SMILES string of the molecule is CC(C)N1CN(C(C)C)c2ccccc21.CC(C)n1c[n+](C(C)C)c2ccccc21.CCCOc1ccc2c(c1)n(C(C)C)c[n+]2C(C)C.CCn1c[n+](Cc2ccccc2)c2ccccc21.Cn1c[n+](C)c2ccccc21.O=CO[O-].O=CO[O-].O=CO[O-].O=CO[O-]. The molecule has 0 spiro atoms. The molecule has 10 aromatic rings. The number of hydrogen-bond acceptors (Lipinski definition) is 15. The summed E-state index contributed by atoms with van der Waals surface area (Å²) in [6.07, 6.45) is 9.75. The summed E-state index contributed by atoms with van der Waals surface area (Å²) in [6.45, 7) is 34.0. The number of hydrogen-bond donors (Lipinski definition) is 0. The average molecular weight is 1300 g/mol. The maximum absolute atomic E-state index is 8.64. The number of aromatic nitrogens is 8. The third-order valence-corrected chi connectivity index (χ3v) is 14.7. The van der Waals surface area contributed by atoms with E-state index in [4.69, 9.17) is 44.9 Å². The van der Waals surface area contributed by atoms with Crippen LogP contribution in [0.3, 0.4) is 0 Å². The van der Waals surface area contributed by atoms with E-state index in [2.05, 4.69) is 348 Å². The first-order chi connectivity index (χ1) is 45.1. The number of nitrogens with zero attached hydrogens (tertiary/aromatic N) is 10. The number of aryl methyl sites for hydroxylation is 3. The van der Waals surface area contributed by atoms with E-state index in [0.717, 1.165) is 38.5 Å². The topological polar surface area (TPSA) is 248 Å². The van der Waals surface area contributed by atoms with Crippen molar-refractivity contribution < 1.29 is 82.8 Å². The smallest absolute Gasteiger partial charge is 0.287 e. The van der Waals surface area contributed by atoms with Crippen LogP contribution in [-0.2, 0) is 65.9 Å². The van der Waals surface area contributed by atoms with Crippen LogP contribution in [0.5, 0.6) is 5.75 Å². The summed E-state index contributed by atoms with van der Waals surface area (Å²) in [7, 11) is 4.12. The predicted molar refractivity (Wildman–Crippen MR) is 354 cm³/mol. The Bertz CT molecular complexity index is 3660. The van der Waals surface area contributed by atoms with Crippen molar-refractivity contribution in [1.29, 1.82) is 0 Å². The number of carbonyl (C=O) groups excluding carboxylic acids is 4. The zero-order valence-corrected chi connectivity index (χ0v) is 57.3. The van der Waals surface area contributed by atoms with Crippen molar-refractivity contribution in [3.8, 4) is 5.75 Å². The first-order valence-corrected chi connectivity index (χ1v) is 31.2. The third kappa shape index (κ3) is 23.2. The van der Waals surface area contributed by atoms with Crippen LogP contribution in [0, 0.1) is 0 Å². The van der Waals surface area contributed by atoms with E-state index in [1.807, 2.05) is 0 Å². The van der Waals surface area contributed by atoms with Crippen LogP contribution in [0.2, 0.25) is 0 Å². The molecule has 0 atom stereocenters. The van der Waals surface area contributed by atoms with Crippen molar-refractivity contribution in [2.45, 2.75) is 153 Å². The zero-order valence-electron chi connectivity index (χ0n) is 57.3. The number of rotatable bonds is 16. The molecule has 0 saturated heterocycles. The number of benzene rings is 6. The van der Waals surface area contributed by atoms with Crippen LogP contribution in [0.4, 0.5) is 11.4 Å². The predicted octanol–water partition coefficient (Wildman–Crippen LogP) is 7.80. The molecule has 23 nitrogen and oxygen atoms in total. The van der Waals surface area contributed by atoms with Gasteiger partial charge in [-0.15, -0.1) is 0 Å². The fraction of sp³-hybridized carbons (Fsp3) is 0.380. The van der Waals surface area contributed by atoms with Crippen LogP contribution >= 0.6 is 0 Å². The molecular weight excluding hydrogens is 1200 g/mol. The summed E-state index contributed by atoms with van der Waals surface area (Å²) in [4.78, 5) is 49.9. The van der Waals surface area contributed by atoms with E-state index in [1.54, 1.807) is 0 Å². The van der Waals surface area contributed by atoms with E-state index < -0.39 is 0 Å². The lowest BCUT2D eigenvalue weighted by molar-refractivity contribution is -0.692. The molecule has 508 valence electrons. The molecule has 0 aliphatic carbocycles. The second kappa shape index (κ2) is 41.7. The maximum atomic E-state index is 8.64. The number of ether oxygens (including phenoxy) is 1. The van der Waals surface area contributed by atoms with Gasteiger partial charge in [-0.1, -0.05) is 85.8 Å². The lowest BCUT2D eigenvalue weighted by Gasteiger charge is -2.27. The highest BCUT2D eigenvalue weighted by Gasteiger charge is 2.28. The van der Waals surface area contributed by atoms with Gasteiger partial charge in [0.1, 0.15) is 12.3 Å². The molecule has 0 fully saturated rings. The number of para-hydroxylation sites is 8. The summed E-state index contributed by atoms with van der Waals surface area (Å²) in [5.41, 5.74) is 14.4. The lowest BCUT2D eigenvalue weighted by atomic mass is 10.2. The van der Waals surface area contributed by atoms with Crippen LogP contribution in [0.1, 0.15) is 133 Å². The van der Waals surface area contributed by atoms with E-state index in [0.29, 0.717) is 36.3 Å². The summed E-state index contributed by atoms with van der Waals surface area (Å²) >= 11 is 0. The summed E-state index contributed by atoms with van der Waals surface area (Å²) in [5.74, 6) is 0.963. The van der Waals surface area contributed by atoms with E-state index in [-0.39, 0.29) is 25.9 Å². The summed E-state index contributed by atoms with van der Waals surface area (Å²) in [5, 5.41) is 33.7. The van der Waals surface area contributed by atoms with Crippen molar-refractivity contribution in [3.05, 3.63) is 176 Å². The molecule has 0 N–H and O–H groups in total. The van der Waals surface area contributed by atoms with Crippen molar-refractivity contribution in [1.82, 2.24) is 18.3 Å². The van der Waals surface area contributed by atoms with Gasteiger partial charge in [-0.3, -0.25) is 19.2 Å². The van der Waals surface area contributed by atoms with Gasteiger partial charge in [0.15, 0.2) is 44.1 Å². The Balaban J connectivity index is 0.000000291. The Morgan fingerprint density at radius 3 is 1.32 bits per heavy atom. The van der Waals surface area contributed by atoms with E-state index in [1.165, 1.54) is 61.1 Å². The van der Waals surface area contributed by atoms with Gasteiger partial charge < -0.3 is 55.1 Å². The number of anilines is 2. The van der Waals surface area contributed by atoms with Crippen molar-refractivity contribution in [3.63, 3.8) is 0 Å². The first kappa shape index (κ1) is 78.6. The highest BCUT2D eigenvalue weighted by molar-refractivity contribution is 5.77. The van der Waals surface area contributed by atoms with Gasteiger partial charge in [-0.05, 0) is 163 Å². The van der Waals surface area contributed by atoms with Gasteiger partial charge in [0.05, 0.1) is 69.5 Å².